The minimum absolute atomic E-state index is 0.210. The quantitative estimate of drug-likeness (QED) is 0.614. The van der Waals surface area contributed by atoms with E-state index in [1.807, 2.05) is 0 Å². The highest BCUT2D eigenvalue weighted by molar-refractivity contribution is 6.35. The molecule has 0 spiro atoms. The number of amides is 2. The van der Waals surface area contributed by atoms with Crippen LogP contribution in [0.3, 0.4) is 0 Å². The van der Waals surface area contributed by atoms with Crippen molar-refractivity contribution < 1.29 is 14.7 Å². The number of aromatic hydroxyl groups is 1. The Balaban J connectivity index is 1.71. The van der Waals surface area contributed by atoms with Crippen LogP contribution < -0.4 is 11.1 Å². The highest BCUT2D eigenvalue weighted by Gasteiger charge is 2.25. The second kappa shape index (κ2) is 8.50. The minimum Gasteiger partial charge on any atom is -0.508 e. The van der Waals surface area contributed by atoms with Gasteiger partial charge in [0.2, 0.25) is 0 Å². The van der Waals surface area contributed by atoms with E-state index in [1.165, 1.54) is 0 Å². The fraction of sp³-hybridized carbons (Fsp3) is 0.500. The summed E-state index contributed by atoms with van der Waals surface area (Å²) in [5, 5.41) is 11.9. The molecule has 1 aliphatic rings. The van der Waals surface area contributed by atoms with Crippen molar-refractivity contribution in [3.63, 3.8) is 0 Å². The molecule has 126 valence electrons. The highest BCUT2D eigenvalue weighted by Crippen LogP contribution is 2.09. The maximum absolute atomic E-state index is 12.1. The van der Waals surface area contributed by atoms with Crippen LogP contribution in [0.5, 0.6) is 5.75 Å². The Kier molecular flexibility index (Phi) is 6.37. The number of phenols is 1. The Morgan fingerprint density at radius 1 is 1.13 bits per heavy atom. The van der Waals surface area contributed by atoms with Gasteiger partial charge in [0.15, 0.2) is 0 Å². The highest BCUT2D eigenvalue weighted by atomic mass is 16.3. The summed E-state index contributed by atoms with van der Waals surface area (Å²) < 4.78 is 0. The lowest BCUT2D eigenvalue weighted by atomic mass is 10.1. The van der Waals surface area contributed by atoms with Gasteiger partial charge in [-0.2, -0.15) is 0 Å². The Bertz CT molecular complexity index is 525. The summed E-state index contributed by atoms with van der Waals surface area (Å²) in [4.78, 5) is 27.8. The van der Waals surface area contributed by atoms with Crippen molar-refractivity contribution in [1.82, 2.24) is 15.1 Å². The number of phenolic OH excluding ortho intramolecular Hbond substituents is 1. The van der Waals surface area contributed by atoms with E-state index in [1.54, 1.807) is 29.2 Å². The van der Waals surface area contributed by atoms with Crippen LogP contribution in [-0.4, -0.2) is 72.5 Å². The van der Waals surface area contributed by atoms with Crippen LogP contribution in [0.2, 0.25) is 0 Å². The van der Waals surface area contributed by atoms with Gasteiger partial charge < -0.3 is 21.1 Å². The maximum atomic E-state index is 12.1. The zero-order valence-corrected chi connectivity index (χ0v) is 13.2. The van der Waals surface area contributed by atoms with E-state index < -0.39 is 11.8 Å². The van der Waals surface area contributed by atoms with Crippen molar-refractivity contribution in [3.8, 4) is 5.75 Å². The minimum atomic E-state index is -0.559. The summed E-state index contributed by atoms with van der Waals surface area (Å²) in [5.74, 6) is -0.819. The lowest BCUT2D eigenvalue weighted by Gasteiger charge is -2.34. The Morgan fingerprint density at radius 3 is 2.39 bits per heavy atom. The van der Waals surface area contributed by atoms with Crippen LogP contribution in [0.1, 0.15) is 5.56 Å². The molecule has 2 amide bonds. The van der Waals surface area contributed by atoms with E-state index in [2.05, 4.69) is 10.2 Å². The average molecular weight is 320 g/mol. The zero-order valence-electron chi connectivity index (χ0n) is 13.2. The van der Waals surface area contributed by atoms with Gasteiger partial charge in [-0.05, 0) is 24.1 Å². The van der Waals surface area contributed by atoms with E-state index in [0.717, 1.165) is 25.2 Å². The molecule has 2 rings (SSSR count). The van der Waals surface area contributed by atoms with Crippen LogP contribution in [0.25, 0.3) is 0 Å². The second-order valence-corrected chi connectivity index (χ2v) is 5.59. The number of rotatable bonds is 5. The van der Waals surface area contributed by atoms with E-state index in [-0.39, 0.29) is 5.75 Å². The topological polar surface area (TPSA) is 98.9 Å². The number of benzene rings is 1. The Labute approximate surface area is 136 Å². The molecular weight excluding hydrogens is 296 g/mol. The first-order valence-electron chi connectivity index (χ1n) is 7.87. The molecule has 0 radical (unpaired) electrons. The predicted molar refractivity (Wildman–Crippen MR) is 86.9 cm³/mol. The third-order valence-electron chi connectivity index (χ3n) is 3.93. The number of hydrogen-bond donors (Lipinski definition) is 3. The molecule has 1 heterocycles. The molecule has 0 unspecified atom stereocenters. The van der Waals surface area contributed by atoms with Gasteiger partial charge in [0.25, 0.3) is 0 Å². The number of hydrogen-bond acceptors (Lipinski definition) is 5. The van der Waals surface area contributed by atoms with Crippen LogP contribution in [0.4, 0.5) is 0 Å². The molecule has 7 heteroatoms. The molecule has 1 aromatic rings. The lowest BCUT2D eigenvalue weighted by Crippen LogP contribution is -2.53. The summed E-state index contributed by atoms with van der Waals surface area (Å²) in [6.07, 6.45) is 0.615. The standard InChI is InChI=1S/C16H24N4O3/c17-6-8-19-9-11-20(12-10-19)16(23)15(22)18-7-5-13-1-3-14(21)4-2-13/h1-4,21H,5-12,17H2,(H,18,22). The van der Waals surface area contributed by atoms with Crippen LogP contribution >= 0.6 is 0 Å². The molecule has 4 N–H and O–H groups in total. The summed E-state index contributed by atoms with van der Waals surface area (Å²) in [6, 6.07) is 6.78. The molecule has 7 nitrogen and oxygen atoms in total. The predicted octanol–water partition coefficient (Wildman–Crippen LogP) is -0.846. The average Bonchev–Trinajstić information content (AvgIpc) is 2.57. The number of nitrogens with one attached hydrogen (secondary N) is 1. The summed E-state index contributed by atoms with van der Waals surface area (Å²) in [5.41, 5.74) is 6.50. The lowest BCUT2D eigenvalue weighted by molar-refractivity contribution is -0.146. The molecule has 0 aliphatic carbocycles. The van der Waals surface area contributed by atoms with E-state index in [9.17, 15) is 14.7 Å². The van der Waals surface area contributed by atoms with Crippen LogP contribution in [-0.2, 0) is 16.0 Å². The first-order chi connectivity index (χ1) is 11.1. The molecule has 1 fully saturated rings. The third kappa shape index (κ3) is 5.22. The smallest absolute Gasteiger partial charge is 0.311 e. The molecule has 0 saturated carbocycles. The van der Waals surface area contributed by atoms with Crippen molar-refractivity contribution in [3.05, 3.63) is 29.8 Å². The van der Waals surface area contributed by atoms with Gasteiger partial charge in [-0.25, -0.2) is 0 Å². The molecule has 0 atom stereocenters. The molecule has 0 aromatic heterocycles. The van der Waals surface area contributed by atoms with Crippen molar-refractivity contribution in [2.24, 2.45) is 5.73 Å². The number of carbonyl (C=O) groups excluding carboxylic acids is 2. The van der Waals surface area contributed by atoms with Gasteiger partial charge in [-0.3, -0.25) is 14.5 Å². The largest absolute Gasteiger partial charge is 0.508 e. The van der Waals surface area contributed by atoms with Crippen molar-refractivity contribution >= 4 is 11.8 Å². The third-order valence-corrected chi connectivity index (χ3v) is 3.93. The SMILES string of the molecule is NCCN1CCN(C(=O)C(=O)NCCc2ccc(O)cc2)CC1. The van der Waals surface area contributed by atoms with Gasteiger partial charge in [-0.1, -0.05) is 12.1 Å². The van der Waals surface area contributed by atoms with E-state index in [0.29, 0.717) is 32.6 Å². The van der Waals surface area contributed by atoms with Crippen molar-refractivity contribution in [1.29, 1.82) is 0 Å². The van der Waals surface area contributed by atoms with Gasteiger partial charge in [0.1, 0.15) is 5.75 Å². The van der Waals surface area contributed by atoms with Crippen LogP contribution in [0, 0.1) is 0 Å². The molecular formula is C16H24N4O3. The van der Waals surface area contributed by atoms with Crippen LogP contribution in [0.15, 0.2) is 24.3 Å². The van der Waals surface area contributed by atoms with Crippen molar-refractivity contribution in [2.75, 3.05) is 45.8 Å². The van der Waals surface area contributed by atoms with Gasteiger partial charge >= 0.3 is 11.8 Å². The number of piperazine rings is 1. The van der Waals surface area contributed by atoms with Gasteiger partial charge in [-0.15, -0.1) is 0 Å². The van der Waals surface area contributed by atoms with E-state index in [4.69, 9.17) is 5.73 Å². The Morgan fingerprint density at radius 2 is 1.78 bits per heavy atom. The van der Waals surface area contributed by atoms with E-state index >= 15 is 0 Å². The molecule has 1 aliphatic heterocycles. The second-order valence-electron chi connectivity index (χ2n) is 5.59. The Hall–Kier alpha value is -2.12. The van der Waals surface area contributed by atoms with Gasteiger partial charge in [0, 0.05) is 45.8 Å². The number of nitrogens with two attached hydrogens (primary N) is 1. The maximum Gasteiger partial charge on any atom is 0.311 e. The fourth-order valence-electron chi connectivity index (χ4n) is 2.56. The first kappa shape index (κ1) is 17.2. The number of carbonyl (C=O) groups is 2. The summed E-state index contributed by atoms with van der Waals surface area (Å²) in [7, 11) is 0. The molecule has 1 aromatic carbocycles. The first-order valence-corrected chi connectivity index (χ1v) is 7.87. The molecule has 23 heavy (non-hydrogen) atoms. The normalized spacial score (nSPS) is 15.4. The van der Waals surface area contributed by atoms with Gasteiger partial charge in [0.05, 0.1) is 0 Å². The number of nitrogens with zero attached hydrogens (tertiary/aromatic N) is 2. The monoisotopic (exact) mass is 320 g/mol. The summed E-state index contributed by atoms with van der Waals surface area (Å²) in [6.45, 7) is 4.44. The van der Waals surface area contributed by atoms with Crippen molar-refractivity contribution in [2.45, 2.75) is 6.42 Å². The zero-order chi connectivity index (χ0) is 16.7. The molecule has 0 bridgehead atoms. The summed E-state index contributed by atoms with van der Waals surface area (Å²) >= 11 is 0. The fourth-order valence-corrected chi connectivity index (χ4v) is 2.56. The molecule has 1 saturated heterocycles.